The monoisotopic (exact) mass is 389 g/mol. The molecule has 0 aliphatic heterocycles. The van der Waals surface area contributed by atoms with Crippen LogP contribution in [0.3, 0.4) is 0 Å². The third kappa shape index (κ3) is 2.97. The Morgan fingerprint density at radius 3 is 2.07 bits per heavy atom. The Morgan fingerprint density at radius 1 is 0.862 bits per heavy atom. The number of hydrogen-bond acceptors (Lipinski definition) is 3. The number of nitrogens with zero attached hydrogens (tertiary/aromatic N) is 3. The maximum atomic E-state index is 13.1. The lowest BCUT2D eigenvalue weighted by molar-refractivity contribution is 0.415. The highest BCUT2D eigenvalue weighted by Crippen LogP contribution is 2.32. The molecule has 0 spiro atoms. The average molecular weight is 389 g/mol. The van der Waals surface area contributed by atoms with E-state index in [9.17, 15) is 9.59 Å². The van der Waals surface area contributed by atoms with Crippen molar-refractivity contribution in [3.05, 3.63) is 80.6 Å². The van der Waals surface area contributed by atoms with Crippen molar-refractivity contribution in [2.24, 2.45) is 14.1 Å². The summed E-state index contributed by atoms with van der Waals surface area (Å²) in [5.74, 6) is 0.739. The topological polar surface area (TPSA) is 58.2 Å². The van der Waals surface area contributed by atoms with Crippen LogP contribution in [0.1, 0.15) is 11.1 Å². The van der Waals surface area contributed by atoms with Crippen molar-refractivity contribution in [1.82, 2.24) is 13.7 Å². The summed E-state index contributed by atoms with van der Waals surface area (Å²) in [6.07, 6.45) is 1.87. The number of aromatic nitrogens is 3. The first-order valence-electron chi connectivity index (χ1n) is 9.36. The molecule has 0 N–H and O–H groups in total. The van der Waals surface area contributed by atoms with Crippen LogP contribution in [0.5, 0.6) is 5.75 Å². The maximum absolute atomic E-state index is 13.1. The van der Waals surface area contributed by atoms with Gasteiger partial charge in [-0.05, 0) is 66.9 Å². The number of fused-ring (bicyclic) bond motifs is 1. The number of hydrogen-bond donors (Lipinski definition) is 0. The fraction of sp³-hybridized carbons (Fsp3) is 0.217. The first-order chi connectivity index (χ1) is 13.8. The van der Waals surface area contributed by atoms with Crippen LogP contribution in [0.15, 0.2) is 58.3 Å². The second kappa shape index (κ2) is 6.81. The number of ether oxygens (including phenoxy) is 1. The summed E-state index contributed by atoms with van der Waals surface area (Å²) in [5.41, 5.74) is 4.76. The average Bonchev–Trinajstić information content (AvgIpc) is 3.11. The number of aryl methyl sites for hydroxylation is 3. The molecule has 0 saturated heterocycles. The summed E-state index contributed by atoms with van der Waals surface area (Å²) >= 11 is 0. The van der Waals surface area contributed by atoms with Gasteiger partial charge in [0.1, 0.15) is 5.75 Å². The standard InChI is InChI=1S/C23H23N3O3/c1-14-10-15(2)12-17(11-14)26-13-19-20(22(27)25(4)23(28)24(19)3)21(26)16-6-8-18(29-5)9-7-16/h6-13H,1-5H3. The van der Waals surface area contributed by atoms with Gasteiger partial charge in [-0.25, -0.2) is 4.79 Å². The summed E-state index contributed by atoms with van der Waals surface area (Å²) in [7, 11) is 4.82. The Hall–Kier alpha value is -3.54. The van der Waals surface area contributed by atoms with E-state index in [-0.39, 0.29) is 11.2 Å². The summed E-state index contributed by atoms with van der Waals surface area (Å²) in [5, 5.41) is 0.513. The van der Waals surface area contributed by atoms with Gasteiger partial charge in [-0.15, -0.1) is 0 Å². The van der Waals surface area contributed by atoms with Crippen LogP contribution in [-0.2, 0) is 14.1 Å². The quantitative estimate of drug-likeness (QED) is 0.540. The Morgan fingerprint density at radius 2 is 1.48 bits per heavy atom. The molecule has 0 saturated carbocycles. The van der Waals surface area contributed by atoms with Crippen LogP contribution in [0.25, 0.3) is 27.8 Å². The molecule has 0 radical (unpaired) electrons. The Bertz CT molecular complexity index is 1340. The fourth-order valence-electron chi connectivity index (χ4n) is 3.87. The maximum Gasteiger partial charge on any atom is 0.330 e. The summed E-state index contributed by atoms with van der Waals surface area (Å²) < 4.78 is 9.94. The molecule has 6 heteroatoms. The normalized spacial score (nSPS) is 11.2. The minimum Gasteiger partial charge on any atom is -0.497 e. The molecule has 0 aliphatic rings. The van der Waals surface area contributed by atoms with Crippen molar-refractivity contribution in [2.45, 2.75) is 13.8 Å². The molecule has 0 bridgehead atoms. The van der Waals surface area contributed by atoms with E-state index in [1.54, 1.807) is 14.2 Å². The fourth-order valence-corrected chi connectivity index (χ4v) is 3.87. The Labute approximate surface area is 168 Å². The summed E-state index contributed by atoms with van der Waals surface area (Å²) in [6, 6.07) is 13.8. The van der Waals surface area contributed by atoms with Gasteiger partial charge in [0.15, 0.2) is 0 Å². The molecule has 2 heterocycles. The molecule has 6 nitrogen and oxygen atoms in total. The largest absolute Gasteiger partial charge is 0.497 e. The lowest BCUT2D eigenvalue weighted by Gasteiger charge is -2.12. The van der Waals surface area contributed by atoms with Crippen LogP contribution in [0.4, 0.5) is 0 Å². The second-order valence-corrected chi connectivity index (χ2v) is 7.39. The third-order valence-corrected chi connectivity index (χ3v) is 5.29. The molecule has 0 aliphatic carbocycles. The van der Waals surface area contributed by atoms with Gasteiger partial charge in [-0.1, -0.05) is 6.07 Å². The summed E-state index contributed by atoms with van der Waals surface area (Å²) in [4.78, 5) is 25.6. The van der Waals surface area contributed by atoms with Gasteiger partial charge in [0.05, 0.1) is 23.7 Å². The Balaban J connectivity index is 2.17. The number of rotatable bonds is 3. The molecule has 2 aromatic heterocycles. The number of benzene rings is 2. The van der Waals surface area contributed by atoms with Gasteiger partial charge in [0.2, 0.25) is 0 Å². The van der Waals surface area contributed by atoms with E-state index in [2.05, 4.69) is 18.2 Å². The first kappa shape index (κ1) is 18.8. The molecule has 148 valence electrons. The van der Waals surface area contributed by atoms with Gasteiger partial charge in [0, 0.05) is 26.0 Å². The van der Waals surface area contributed by atoms with Crippen LogP contribution in [0, 0.1) is 13.8 Å². The smallest absolute Gasteiger partial charge is 0.330 e. The van der Waals surface area contributed by atoms with Crippen molar-refractivity contribution in [2.75, 3.05) is 7.11 Å². The molecule has 4 rings (SSSR count). The van der Waals surface area contributed by atoms with Gasteiger partial charge in [0.25, 0.3) is 5.56 Å². The van der Waals surface area contributed by atoms with E-state index in [1.165, 1.54) is 11.6 Å². The van der Waals surface area contributed by atoms with Crippen LogP contribution in [-0.4, -0.2) is 20.8 Å². The van der Waals surface area contributed by atoms with Crippen LogP contribution in [0.2, 0.25) is 0 Å². The highest BCUT2D eigenvalue weighted by Gasteiger charge is 2.20. The molecule has 4 aromatic rings. The highest BCUT2D eigenvalue weighted by atomic mass is 16.5. The van der Waals surface area contributed by atoms with E-state index >= 15 is 0 Å². The van der Waals surface area contributed by atoms with E-state index in [0.717, 1.165) is 38.4 Å². The van der Waals surface area contributed by atoms with Crippen molar-refractivity contribution >= 4 is 10.9 Å². The lowest BCUT2D eigenvalue weighted by atomic mass is 10.1. The summed E-state index contributed by atoms with van der Waals surface area (Å²) in [6.45, 7) is 4.09. The Kier molecular flexibility index (Phi) is 4.42. The SMILES string of the molecule is COc1ccc(-c2c3c(=O)n(C)c(=O)n(C)c3cn2-c2cc(C)cc(C)c2)cc1. The van der Waals surface area contributed by atoms with Gasteiger partial charge in [-0.3, -0.25) is 13.9 Å². The van der Waals surface area contributed by atoms with Crippen molar-refractivity contribution in [1.29, 1.82) is 0 Å². The van der Waals surface area contributed by atoms with E-state index in [0.29, 0.717) is 10.9 Å². The van der Waals surface area contributed by atoms with Gasteiger partial charge in [-0.2, -0.15) is 0 Å². The molecule has 0 unspecified atom stereocenters. The zero-order valence-corrected chi connectivity index (χ0v) is 17.2. The van der Waals surface area contributed by atoms with Crippen LogP contribution < -0.4 is 16.0 Å². The van der Waals surface area contributed by atoms with E-state index < -0.39 is 0 Å². The van der Waals surface area contributed by atoms with Crippen molar-refractivity contribution in [3.8, 4) is 22.7 Å². The van der Waals surface area contributed by atoms with E-state index in [1.807, 2.05) is 48.9 Å². The predicted octanol–water partition coefficient (Wildman–Crippen LogP) is 3.32. The van der Waals surface area contributed by atoms with Crippen molar-refractivity contribution < 1.29 is 4.74 Å². The molecule has 0 atom stereocenters. The second-order valence-electron chi connectivity index (χ2n) is 7.39. The molecule has 0 fully saturated rings. The van der Waals surface area contributed by atoms with E-state index in [4.69, 9.17) is 4.74 Å². The van der Waals surface area contributed by atoms with Gasteiger partial charge >= 0.3 is 5.69 Å². The highest BCUT2D eigenvalue weighted by molar-refractivity contribution is 5.94. The molecular weight excluding hydrogens is 366 g/mol. The minimum absolute atomic E-state index is 0.308. The zero-order valence-electron chi connectivity index (χ0n) is 17.2. The zero-order chi connectivity index (χ0) is 20.9. The third-order valence-electron chi connectivity index (χ3n) is 5.29. The van der Waals surface area contributed by atoms with Crippen molar-refractivity contribution in [3.63, 3.8) is 0 Å². The predicted molar refractivity (Wildman–Crippen MR) is 115 cm³/mol. The molecule has 29 heavy (non-hydrogen) atoms. The number of methoxy groups -OCH3 is 1. The molecule has 0 amide bonds. The minimum atomic E-state index is -0.346. The first-order valence-corrected chi connectivity index (χ1v) is 9.36. The van der Waals surface area contributed by atoms with Gasteiger partial charge < -0.3 is 9.30 Å². The van der Waals surface area contributed by atoms with Crippen LogP contribution >= 0.6 is 0 Å². The molecule has 2 aromatic carbocycles. The molecular formula is C23H23N3O3. The lowest BCUT2D eigenvalue weighted by Crippen LogP contribution is -2.36.